The van der Waals surface area contributed by atoms with Crippen molar-refractivity contribution in [3.05, 3.63) is 77.1 Å². The third-order valence-corrected chi connectivity index (χ3v) is 5.82. The number of carbonyl (C=O) groups excluding carboxylic acids is 1. The summed E-state index contributed by atoms with van der Waals surface area (Å²) in [5.74, 6) is 1.11. The second kappa shape index (κ2) is 8.74. The Morgan fingerprint density at radius 3 is 2.50 bits per heavy atom. The topological polar surface area (TPSA) is 47.4 Å². The average molecular weight is 404 g/mol. The molecule has 0 unspecified atom stereocenters. The van der Waals surface area contributed by atoms with E-state index in [1.807, 2.05) is 43.0 Å². The lowest BCUT2D eigenvalue weighted by atomic mass is 9.92. The Labute approximate surface area is 178 Å². The highest BCUT2D eigenvalue weighted by atomic mass is 16.5. The second-order valence-corrected chi connectivity index (χ2v) is 7.90. The number of benzene rings is 2. The number of nitrogens with zero attached hydrogens (tertiary/aromatic N) is 3. The molecule has 1 aliphatic rings. The van der Waals surface area contributed by atoms with Gasteiger partial charge >= 0.3 is 0 Å². The van der Waals surface area contributed by atoms with E-state index in [1.165, 1.54) is 11.3 Å². The monoisotopic (exact) mass is 403 g/mol. The molecule has 0 N–H and O–H groups in total. The zero-order valence-electron chi connectivity index (χ0n) is 18.0. The van der Waals surface area contributed by atoms with E-state index in [-0.39, 0.29) is 5.91 Å². The summed E-state index contributed by atoms with van der Waals surface area (Å²) in [6.07, 6.45) is 1.86. The van der Waals surface area contributed by atoms with Crippen molar-refractivity contribution in [2.24, 2.45) is 0 Å². The van der Waals surface area contributed by atoms with Crippen LogP contribution >= 0.6 is 0 Å². The number of hydrogen-bond acceptors (Lipinski definition) is 3. The largest absolute Gasteiger partial charge is 0.493 e. The van der Waals surface area contributed by atoms with Crippen molar-refractivity contribution in [3.8, 4) is 11.4 Å². The molecule has 156 valence electrons. The molecule has 0 spiro atoms. The Hall–Kier alpha value is -3.08. The SMILES string of the molecule is CCOc1ccccc1C(=O)N1CCC(c2cc(C)nn2-c2ccccc2C)CC1. The summed E-state index contributed by atoms with van der Waals surface area (Å²) < 4.78 is 7.75. The number of hydrogen-bond donors (Lipinski definition) is 0. The van der Waals surface area contributed by atoms with Gasteiger partial charge in [0.15, 0.2) is 0 Å². The number of amides is 1. The van der Waals surface area contributed by atoms with Crippen molar-refractivity contribution in [3.63, 3.8) is 0 Å². The predicted molar refractivity (Wildman–Crippen MR) is 119 cm³/mol. The van der Waals surface area contributed by atoms with Crippen LogP contribution < -0.4 is 4.74 Å². The minimum absolute atomic E-state index is 0.0566. The Balaban J connectivity index is 1.51. The lowest BCUT2D eigenvalue weighted by Crippen LogP contribution is -2.38. The summed E-state index contributed by atoms with van der Waals surface area (Å²) in [7, 11) is 0. The van der Waals surface area contributed by atoms with Gasteiger partial charge in [-0.2, -0.15) is 5.10 Å². The highest BCUT2D eigenvalue weighted by Crippen LogP contribution is 2.32. The standard InChI is InChI=1S/C25H29N3O2/c1-4-30-24-12-8-6-10-21(24)25(29)27-15-13-20(14-16-27)23-17-19(3)26-28(23)22-11-7-5-9-18(22)2/h5-12,17,20H,4,13-16H2,1-3H3. The number of rotatable bonds is 5. The smallest absolute Gasteiger partial charge is 0.257 e. The minimum atomic E-state index is 0.0566. The van der Waals surface area contributed by atoms with Crippen LogP contribution in [-0.4, -0.2) is 40.3 Å². The Bertz CT molecular complexity index is 1030. The van der Waals surface area contributed by atoms with Crippen molar-refractivity contribution in [1.82, 2.24) is 14.7 Å². The molecule has 2 aromatic carbocycles. The van der Waals surface area contributed by atoms with E-state index in [4.69, 9.17) is 9.84 Å². The highest BCUT2D eigenvalue weighted by Gasteiger charge is 2.28. The van der Waals surface area contributed by atoms with Gasteiger partial charge in [-0.1, -0.05) is 30.3 Å². The average Bonchev–Trinajstić information content (AvgIpc) is 3.16. The van der Waals surface area contributed by atoms with Gasteiger partial charge < -0.3 is 9.64 Å². The first kappa shape index (κ1) is 20.2. The molecule has 1 aliphatic heterocycles. The van der Waals surface area contributed by atoms with Crippen LogP contribution in [0.25, 0.3) is 5.69 Å². The first-order valence-corrected chi connectivity index (χ1v) is 10.7. The van der Waals surface area contributed by atoms with E-state index in [0.29, 0.717) is 23.8 Å². The molecule has 2 heterocycles. The first-order chi connectivity index (χ1) is 14.6. The number of piperidine rings is 1. The van der Waals surface area contributed by atoms with Gasteiger partial charge in [-0.05, 0) is 63.4 Å². The highest BCUT2D eigenvalue weighted by molar-refractivity contribution is 5.97. The van der Waals surface area contributed by atoms with Crippen molar-refractivity contribution < 1.29 is 9.53 Å². The van der Waals surface area contributed by atoms with Crippen molar-refractivity contribution in [2.75, 3.05) is 19.7 Å². The third kappa shape index (κ3) is 3.97. The van der Waals surface area contributed by atoms with Gasteiger partial charge in [0, 0.05) is 24.7 Å². The molecule has 30 heavy (non-hydrogen) atoms. The second-order valence-electron chi connectivity index (χ2n) is 7.90. The van der Waals surface area contributed by atoms with E-state index in [0.717, 1.165) is 37.3 Å². The Morgan fingerprint density at radius 1 is 1.07 bits per heavy atom. The van der Waals surface area contributed by atoms with Gasteiger partial charge in [-0.3, -0.25) is 4.79 Å². The molecule has 1 amide bonds. The fraction of sp³-hybridized carbons (Fsp3) is 0.360. The summed E-state index contributed by atoms with van der Waals surface area (Å²) in [5, 5.41) is 4.77. The van der Waals surface area contributed by atoms with Crippen LogP contribution in [-0.2, 0) is 0 Å². The number of para-hydroxylation sites is 2. The molecular weight excluding hydrogens is 374 g/mol. The van der Waals surface area contributed by atoms with Gasteiger partial charge in [-0.15, -0.1) is 0 Å². The number of aromatic nitrogens is 2. The van der Waals surface area contributed by atoms with Gasteiger partial charge in [-0.25, -0.2) is 4.68 Å². The van der Waals surface area contributed by atoms with Gasteiger partial charge in [0.2, 0.25) is 0 Å². The van der Waals surface area contributed by atoms with Crippen LogP contribution in [0.15, 0.2) is 54.6 Å². The Kier molecular flexibility index (Phi) is 5.88. The van der Waals surface area contributed by atoms with Crippen LogP contribution in [0.2, 0.25) is 0 Å². The molecule has 0 saturated carbocycles. The summed E-state index contributed by atoms with van der Waals surface area (Å²) in [4.78, 5) is 15.1. The molecule has 3 aromatic rings. The predicted octanol–water partition coefficient (Wildman–Crippen LogP) is 4.91. The zero-order chi connectivity index (χ0) is 21.1. The molecule has 0 bridgehead atoms. The lowest BCUT2D eigenvalue weighted by molar-refractivity contribution is 0.0707. The maximum absolute atomic E-state index is 13.1. The molecule has 5 nitrogen and oxygen atoms in total. The molecule has 0 atom stereocenters. The fourth-order valence-electron chi connectivity index (χ4n) is 4.28. The zero-order valence-corrected chi connectivity index (χ0v) is 18.0. The Morgan fingerprint density at radius 2 is 1.77 bits per heavy atom. The number of carbonyl (C=O) groups is 1. The van der Waals surface area contributed by atoms with E-state index in [2.05, 4.69) is 41.9 Å². The van der Waals surface area contributed by atoms with Crippen molar-refractivity contribution >= 4 is 5.91 Å². The normalized spacial score (nSPS) is 14.7. The maximum atomic E-state index is 13.1. The third-order valence-electron chi connectivity index (χ3n) is 5.82. The molecule has 1 fully saturated rings. The molecule has 1 aromatic heterocycles. The van der Waals surface area contributed by atoms with E-state index >= 15 is 0 Å². The van der Waals surface area contributed by atoms with Crippen LogP contribution in [0, 0.1) is 13.8 Å². The summed E-state index contributed by atoms with van der Waals surface area (Å²) in [6, 6.07) is 18.1. The van der Waals surface area contributed by atoms with Crippen LogP contribution in [0.3, 0.4) is 0 Å². The number of ether oxygens (including phenoxy) is 1. The number of likely N-dealkylation sites (tertiary alicyclic amines) is 1. The van der Waals surface area contributed by atoms with E-state index in [9.17, 15) is 4.79 Å². The molecule has 4 rings (SSSR count). The van der Waals surface area contributed by atoms with Crippen LogP contribution in [0.1, 0.15) is 53.0 Å². The minimum Gasteiger partial charge on any atom is -0.493 e. The summed E-state index contributed by atoms with van der Waals surface area (Å²) in [6.45, 7) is 8.12. The summed E-state index contributed by atoms with van der Waals surface area (Å²) >= 11 is 0. The van der Waals surface area contributed by atoms with Gasteiger partial charge in [0.05, 0.1) is 23.6 Å². The molecule has 5 heteroatoms. The summed E-state index contributed by atoms with van der Waals surface area (Å²) in [5.41, 5.74) is 5.26. The quantitative estimate of drug-likeness (QED) is 0.608. The van der Waals surface area contributed by atoms with E-state index in [1.54, 1.807) is 0 Å². The molecule has 0 radical (unpaired) electrons. The maximum Gasteiger partial charge on any atom is 0.257 e. The van der Waals surface area contributed by atoms with Crippen molar-refractivity contribution in [2.45, 2.75) is 39.5 Å². The lowest BCUT2D eigenvalue weighted by Gasteiger charge is -2.32. The molecule has 1 saturated heterocycles. The van der Waals surface area contributed by atoms with Gasteiger partial charge in [0.25, 0.3) is 5.91 Å². The fourth-order valence-corrected chi connectivity index (χ4v) is 4.28. The van der Waals surface area contributed by atoms with Crippen molar-refractivity contribution in [1.29, 1.82) is 0 Å². The van der Waals surface area contributed by atoms with Gasteiger partial charge in [0.1, 0.15) is 5.75 Å². The number of aryl methyl sites for hydroxylation is 2. The van der Waals surface area contributed by atoms with Crippen LogP contribution in [0.5, 0.6) is 5.75 Å². The van der Waals surface area contributed by atoms with Crippen LogP contribution in [0.4, 0.5) is 0 Å². The van der Waals surface area contributed by atoms with E-state index < -0.39 is 0 Å². The first-order valence-electron chi connectivity index (χ1n) is 10.7. The molecular formula is C25H29N3O2. The molecule has 0 aliphatic carbocycles.